The molecule has 0 aromatic heterocycles. The van der Waals surface area contributed by atoms with E-state index in [1.165, 1.54) is 32.1 Å². The summed E-state index contributed by atoms with van der Waals surface area (Å²) in [5.41, 5.74) is 6.15. The molecule has 2 bridgehead atoms. The van der Waals surface area contributed by atoms with Gasteiger partial charge in [0.25, 0.3) is 0 Å². The van der Waals surface area contributed by atoms with E-state index in [1.807, 2.05) is 0 Å². The molecule has 0 aromatic carbocycles. The van der Waals surface area contributed by atoms with Crippen molar-refractivity contribution in [3.8, 4) is 0 Å². The third-order valence-corrected chi connectivity index (χ3v) is 3.79. The van der Waals surface area contributed by atoms with Crippen LogP contribution in [0.25, 0.3) is 0 Å². The molecule has 2 rings (SSSR count). The Morgan fingerprint density at radius 2 is 2.09 bits per heavy atom. The van der Waals surface area contributed by atoms with Gasteiger partial charge in [-0.1, -0.05) is 0 Å². The fraction of sp³-hybridized carbons (Fsp3) is 1.00. The lowest BCUT2D eigenvalue weighted by molar-refractivity contribution is 0.184. The number of nitrogens with two attached hydrogens (primary N) is 1. The van der Waals surface area contributed by atoms with Crippen LogP contribution in [0.1, 0.15) is 32.1 Å². The second kappa shape index (κ2) is 2.46. The molecule has 2 aliphatic heterocycles. The Labute approximate surface area is 68.7 Å². The van der Waals surface area contributed by atoms with Crippen molar-refractivity contribution >= 4 is 0 Å². The van der Waals surface area contributed by atoms with Crippen molar-refractivity contribution in [1.82, 2.24) is 4.90 Å². The van der Waals surface area contributed by atoms with E-state index in [9.17, 15) is 0 Å². The molecule has 0 saturated carbocycles. The number of hydrogen-bond donors (Lipinski definition) is 1. The van der Waals surface area contributed by atoms with E-state index in [0.29, 0.717) is 5.54 Å². The van der Waals surface area contributed by atoms with Crippen molar-refractivity contribution in [2.75, 3.05) is 13.6 Å². The van der Waals surface area contributed by atoms with Gasteiger partial charge in [0, 0.05) is 11.6 Å². The van der Waals surface area contributed by atoms with Crippen molar-refractivity contribution in [3.05, 3.63) is 0 Å². The van der Waals surface area contributed by atoms with Crippen LogP contribution in [-0.4, -0.2) is 30.1 Å². The smallest absolute Gasteiger partial charge is 0.0222 e. The van der Waals surface area contributed by atoms with Crippen LogP contribution in [0.2, 0.25) is 0 Å². The molecule has 0 unspecified atom stereocenters. The van der Waals surface area contributed by atoms with E-state index in [-0.39, 0.29) is 0 Å². The average molecular weight is 154 g/mol. The first-order valence-electron chi connectivity index (χ1n) is 4.71. The summed E-state index contributed by atoms with van der Waals surface area (Å²) in [4.78, 5) is 2.58. The molecule has 2 saturated heterocycles. The monoisotopic (exact) mass is 154 g/mol. The summed E-state index contributed by atoms with van der Waals surface area (Å²) in [5, 5.41) is 0. The van der Waals surface area contributed by atoms with Gasteiger partial charge in [0.05, 0.1) is 0 Å². The topological polar surface area (TPSA) is 29.3 Å². The first kappa shape index (κ1) is 7.56. The van der Waals surface area contributed by atoms with E-state index in [0.717, 1.165) is 12.6 Å². The number of hydrogen-bond acceptors (Lipinski definition) is 2. The van der Waals surface area contributed by atoms with Gasteiger partial charge < -0.3 is 5.73 Å². The largest absolute Gasteiger partial charge is 0.330 e. The van der Waals surface area contributed by atoms with Crippen molar-refractivity contribution < 1.29 is 0 Å². The number of nitrogens with zero attached hydrogens (tertiary/aromatic N) is 1. The Morgan fingerprint density at radius 1 is 1.45 bits per heavy atom. The lowest BCUT2D eigenvalue weighted by atomic mass is 9.85. The molecule has 0 aromatic rings. The lowest BCUT2D eigenvalue weighted by Gasteiger charge is -2.31. The Bertz CT molecular complexity index is 148. The highest BCUT2D eigenvalue weighted by atomic mass is 15.2. The lowest BCUT2D eigenvalue weighted by Crippen LogP contribution is -2.39. The van der Waals surface area contributed by atoms with Crippen LogP contribution < -0.4 is 5.73 Å². The quantitative estimate of drug-likeness (QED) is 0.642. The summed E-state index contributed by atoms with van der Waals surface area (Å²) < 4.78 is 0. The minimum Gasteiger partial charge on any atom is -0.330 e. The van der Waals surface area contributed by atoms with Crippen molar-refractivity contribution in [2.45, 2.75) is 43.7 Å². The van der Waals surface area contributed by atoms with Crippen LogP contribution >= 0.6 is 0 Å². The average Bonchev–Trinajstić information content (AvgIpc) is 2.46. The van der Waals surface area contributed by atoms with E-state index >= 15 is 0 Å². The highest BCUT2D eigenvalue weighted by Gasteiger charge is 2.48. The maximum atomic E-state index is 5.62. The fourth-order valence-corrected chi connectivity index (χ4v) is 2.96. The normalized spacial score (nSPS) is 43.6. The molecule has 0 aliphatic carbocycles. The van der Waals surface area contributed by atoms with Gasteiger partial charge in [-0.2, -0.15) is 0 Å². The van der Waals surface area contributed by atoms with E-state index < -0.39 is 0 Å². The van der Waals surface area contributed by atoms with E-state index in [4.69, 9.17) is 5.73 Å². The molecule has 64 valence electrons. The summed E-state index contributed by atoms with van der Waals surface area (Å²) in [7, 11) is 2.28. The molecule has 11 heavy (non-hydrogen) atoms. The van der Waals surface area contributed by atoms with E-state index in [1.54, 1.807) is 0 Å². The first-order chi connectivity index (χ1) is 5.28. The summed E-state index contributed by atoms with van der Waals surface area (Å²) in [6.07, 6.45) is 6.82. The van der Waals surface area contributed by atoms with Gasteiger partial charge in [0.15, 0.2) is 0 Å². The molecule has 2 fully saturated rings. The molecule has 0 atom stereocenters. The summed E-state index contributed by atoms with van der Waals surface area (Å²) in [6, 6.07) is 0.890. The van der Waals surface area contributed by atoms with Crippen LogP contribution in [0.5, 0.6) is 0 Å². The molecule has 2 nitrogen and oxygen atoms in total. The molecule has 2 heteroatoms. The van der Waals surface area contributed by atoms with Gasteiger partial charge >= 0.3 is 0 Å². The third kappa shape index (κ3) is 0.926. The second-order valence-corrected chi connectivity index (χ2v) is 4.11. The van der Waals surface area contributed by atoms with Crippen LogP contribution in [0, 0.1) is 0 Å². The predicted molar refractivity (Wildman–Crippen MR) is 46.4 cm³/mol. The van der Waals surface area contributed by atoms with Crippen LogP contribution in [0.15, 0.2) is 0 Å². The van der Waals surface area contributed by atoms with Crippen molar-refractivity contribution in [2.24, 2.45) is 5.73 Å². The molecule has 2 N–H and O–H groups in total. The van der Waals surface area contributed by atoms with Crippen LogP contribution in [0.4, 0.5) is 0 Å². The Balaban J connectivity index is 2.11. The molecular weight excluding hydrogens is 136 g/mol. The molecule has 2 heterocycles. The zero-order valence-electron chi connectivity index (χ0n) is 7.34. The van der Waals surface area contributed by atoms with E-state index in [2.05, 4.69) is 11.9 Å². The summed E-state index contributed by atoms with van der Waals surface area (Å²) in [5.74, 6) is 0. The minimum atomic E-state index is 0.527. The number of rotatable bonds is 2. The SMILES string of the molecule is CN1C2CCC1(CCN)CC2. The molecule has 2 aliphatic rings. The van der Waals surface area contributed by atoms with Crippen LogP contribution in [-0.2, 0) is 0 Å². The van der Waals surface area contributed by atoms with Crippen molar-refractivity contribution in [3.63, 3.8) is 0 Å². The molecule has 0 spiro atoms. The van der Waals surface area contributed by atoms with Gasteiger partial charge in [-0.15, -0.1) is 0 Å². The maximum absolute atomic E-state index is 5.62. The maximum Gasteiger partial charge on any atom is 0.0222 e. The minimum absolute atomic E-state index is 0.527. The third-order valence-electron chi connectivity index (χ3n) is 3.79. The van der Waals surface area contributed by atoms with Gasteiger partial charge in [0.1, 0.15) is 0 Å². The number of fused-ring (bicyclic) bond motifs is 2. The van der Waals surface area contributed by atoms with Crippen LogP contribution in [0.3, 0.4) is 0 Å². The molecular formula is C9H18N2. The molecule has 0 amide bonds. The molecule has 0 radical (unpaired) electrons. The highest BCUT2D eigenvalue weighted by Crippen LogP contribution is 2.46. The van der Waals surface area contributed by atoms with Gasteiger partial charge in [-0.3, -0.25) is 4.90 Å². The predicted octanol–water partition coefficient (Wildman–Crippen LogP) is 0.962. The Hall–Kier alpha value is -0.0800. The summed E-state index contributed by atoms with van der Waals surface area (Å²) in [6.45, 7) is 0.858. The second-order valence-electron chi connectivity index (χ2n) is 4.11. The highest BCUT2D eigenvalue weighted by molar-refractivity contribution is 5.05. The van der Waals surface area contributed by atoms with Gasteiger partial charge in [0.2, 0.25) is 0 Å². The van der Waals surface area contributed by atoms with Gasteiger partial charge in [-0.25, -0.2) is 0 Å². The van der Waals surface area contributed by atoms with Gasteiger partial charge in [-0.05, 0) is 45.7 Å². The zero-order valence-corrected chi connectivity index (χ0v) is 7.34. The first-order valence-corrected chi connectivity index (χ1v) is 4.71. The fourth-order valence-electron chi connectivity index (χ4n) is 2.96. The van der Waals surface area contributed by atoms with Crippen molar-refractivity contribution in [1.29, 1.82) is 0 Å². The zero-order chi connectivity index (χ0) is 7.90. The Morgan fingerprint density at radius 3 is 2.45 bits per heavy atom. The standard InChI is InChI=1S/C9H18N2/c1-11-8-2-4-9(11,5-3-8)6-7-10/h8H,2-7,10H2,1H3. The Kier molecular flexibility index (Phi) is 1.69. The summed E-state index contributed by atoms with van der Waals surface area (Å²) >= 11 is 0.